The molecule has 162 valence electrons. The Kier molecular flexibility index (Phi) is 8.14. The Labute approximate surface area is 185 Å². The number of benzene rings is 2. The first-order valence-corrected chi connectivity index (χ1v) is 10.7. The zero-order chi connectivity index (χ0) is 20.1. The average Bonchev–Trinajstić information content (AvgIpc) is 2.80. The lowest BCUT2D eigenvalue weighted by atomic mass is 10.0. The largest absolute Gasteiger partial charge is 0.496 e. The van der Waals surface area contributed by atoms with Crippen LogP contribution in [-0.4, -0.2) is 55.5 Å². The molecular formula is C24H32ClN3O2. The summed E-state index contributed by atoms with van der Waals surface area (Å²) in [4.78, 5) is 17.4. The summed E-state index contributed by atoms with van der Waals surface area (Å²) in [6.07, 6.45) is 3.47. The number of rotatable bonds is 5. The fourth-order valence-corrected chi connectivity index (χ4v) is 4.50. The quantitative estimate of drug-likeness (QED) is 0.783. The van der Waals surface area contributed by atoms with E-state index in [1.54, 1.807) is 7.11 Å². The van der Waals surface area contributed by atoms with E-state index in [1.165, 1.54) is 17.5 Å². The van der Waals surface area contributed by atoms with Crippen LogP contribution < -0.4 is 10.1 Å². The summed E-state index contributed by atoms with van der Waals surface area (Å²) in [6, 6.07) is 16.7. The minimum atomic E-state index is 0. The van der Waals surface area contributed by atoms with E-state index in [0.29, 0.717) is 0 Å². The summed E-state index contributed by atoms with van der Waals surface area (Å²) in [5, 5.41) is 3.52. The zero-order valence-corrected chi connectivity index (χ0v) is 18.5. The van der Waals surface area contributed by atoms with Crippen LogP contribution in [0.4, 0.5) is 0 Å². The third kappa shape index (κ3) is 5.15. The second-order valence-corrected chi connectivity index (χ2v) is 7.99. The lowest BCUT2D eigenvalue weighted by molar-refractivity contribution is 0.0724. The Hall–Kier alpha value is -2.08. The average molecular weight is 430 g/mol. The first-order valence-electron chi connectivity index (χ1n) is 10.7. The van der Waals surface area contributed by atoms with Crippen molar-refractivity contribution in [2.75, 3.05) is 39.8 Å². The predicted molar refractivity (Wildman–Crippen MR) is 122 cm³/mol. The summed E-state index contributed by atoms with van der Waals surface area (Å²) in [7, 11) is 1.73. The van der Waals surface area contributed by atoms with E-state index in [0.717, 1.165) is 63.4 Å². The highest BCUT2D eigenvalue weighted by molar-refractivity contribution is 5.94. The van der Waals surface area contributed by atoms with Crippen LogP contribution in [-0.2, 0) is 6.54 Å². The SMILES string of the molecule is COc1ccccc1C1CNCCN1Cc1cccc(C(=O)N2CCCCC2)c1.Cl. The third-order valence-corrected chi connectivity index (χ3v) is 6.06. The van der Waals surface area contributed by atoms with Crippen LogP contribution in [0.2, 0.25) is 0 Å². The van der Waals surface area contributed by atoms with Crippen LogP contribution in [0.3, 0.4) is 0 Å². The van der Waals surface area contributed by atoms with Gasteiger partial charge in [-0.1, -0.05) is 30.3 Å². The van der Waals surface area contributed by atoms with Gasteiger partial charge in [0.25, 0.3) is 5.91 Å². The molecule has 6 heteroatoms. The molecule has 2 fully saturated rings. The maximum atomic E-state index is 12.9. The fraction of sp³-hybridized carbons (Fsp3) is 0.458. The van der Waals surface area contributed by atoms with Gasteiger partial charge in [0, 0.05) is 50.4 Å². The monoisotopic (exact) mass is 429 g/mol. The minimum absolute atomic E-state index is 0. The molecule has 0 aliphatic carbocycles. The molecule has 1 N–H and O–H groups in total. The smallest absolute Gasteiger partial charge is 0.253 e. The number of nitrogens with zero attached hydrogens (tertiary/aromatic N) is 2. The Bertz CT molecular complexity index is 839. The highest BCUT2D eigenvalue weighted by atomic mass is 35.5. The number of hydrogen-bond donors (Lipinski definition) is 1. The summed E-state index contributed by atoms with van der Waals surface area (Å²) >= 11 is 0. The molecule has 30 heavy (non-hydrogen) atoms. The number of ether oxygens (including phenoxy) is 1. The Morgan fingerprint density at radius 1 is 1.07 bits per heavy atom. The van der Waals surface area contributed by atoms with Crippen LogP contribution in [0.1, 0.15) is 46.8 Å². The van der Waals surface area contributed by atoms with E-state index >= 15 is 0 Å². The molecule has 2 aromatic carbocycles. The van der Waals surface area contributed by atoms with Gasteiger partial charge in [0.15, 0.2) is 0 Å². The van der Waals surface area contributed by atoms with E-state index in [1.807, 2.05) is 29.2 Å². The number of piperidine rings is 1. The lowest BCUT2D eigenvalue weighted by Gasteiger charge is -2.37. The number of nitrogens with one attached hydrogen (secondary N) is 1. The second kappa shape index (κ2) is 10.8. The molecule has 0 bridgehead atoms. The molecule has 2 saturated heterocycles. The number of carbonyl (C=O) groups excluding carboxylic acids is 1. The molecule has 0 radical (unpaired) electrons. The fourth-order valence-electron chi connectivity index (χ4n) is 4.50. The van der Waals surface area contributed by atoms with Gasteiger partial charge in [0.1, 0.15) is 5.75 Å². The number of piperazine rings is 1. The van der Waals surface area contributed by atoms with E-state index in [4.69, 9.17) is 4.74 Å². The predicted octanol–water partition coefficient (Wildman–Crippen LogP) is 3.89. The summed E-state index contributed by atoms with van der Waals surface area (Å²) in [6.45, 7) is 5.43. The Balaban J connectivity index is 0.00000256. The van der Waals surface area contributed by atoms with E-state index < -0.39 is 0 Å². The van der Waals surface area contributed by atoms with Gasteiger partial charge in [0.2, 0.25) is 0 Å². The van der Waals surface area contributed by atoms with Crippen LogP contribution in [0.5, 0.6) is 5.75 Å². The van der Waals surface area contributed by atoms with Gasteiger partial charge in [-0.3, -0.25) is 9.69 Å². The van der Waals surface area contributed by atoms with Gasteiger partial charge in [0.05, 0.1) is 13.2 Å². The van der Waals surface area contributed by atoms with Crippen molar-refractivity contribution < 1.29 is 9.53 Å². The van der Waals surface area contributed by atoms with Crippen molar-refractivity contribution in [1.82, 2.24) is 15.1 Å². The minimum Gasteiger partial charge on any atom is -0.496 e. The second-order valence-electron chi connectivity index (χ2n) is 7.99. The highest BCUT2D eigenvalue weighted by Gasteiger charge is 2.26. The van der Waals surface area contributed by atoms with Crippen molar-refractivity contribution in [2.45, 2.75) is 31.8 Å². The number of hydrogen-bond acceptors (Lipinski definition) is 4. The number of halogens is 1. The molecule has 1 amide bonds. The molecule has 1 unspecified atom stereocenters. The van der Waals surface area contributed by atoms with Crippen molar-refractivity contribution in [2.24, 2.45) is 0 Å². The van der Waals surface area contributed by atoms with Crippen LogP contribution in [0.25, 0.3) is 0 Å². The van der Waals surface area contributed by atoms with Crippen molar-refractivity contribution >= 4 is 18.3 Å². The molecule has 2 aromatic rings. The maximum absolute atomic E-state index is 12.9. The molecule has 1 atom stereocenters. The van der Waals surface area contributed by atoms with E-state index in [2.05, 4.69) is 34.5 Å². The Morgan fingerprint density at radius 2 is 1.87 bits per heavy atom. The van der Waals surface area contributed by atoms with Gasteiger partial charge in [-0.05, 0) is 43.0 Å². The first-order chi connectivity index (χ1) is 14.3. The van der Waals surface area contributed by atoms with E-state index in [9.17, 15) is 4.79 Å². The van der Waals surface area contributed by atoms with Crippen molar-refractivity contribution in [3.8, 4) is 5.75 Å². The lowest BCUT2D eigenvalue weighted by Crippen LogP contribution is -2.45. The Morgan fingerprint density at radius 3 is 2.67 bits per heavy atom. The molecule has 2 heterocycles. The van der Waals surface area contributed by atoms with Gasteiger partial charge in [-0.15, -0.1) is 12.4 Å². The first kappa shape index (κ1) is 22.6. The van der Waals surface area contributed by atoms with Crippen LogP contribution in [0, 0.1) is 0 Å². The molecule has 5 nitrogen and oxygen atoms in total. The number of para-hydroxylation sites is 1. The molecular weight excluding hydrogens is 398 g/mol. The summed E-state index contributed by atoms with van der Waals surface area (Å²) in [5.74, 6) is 1.10. The van der Waals surface area contributed by atoms with Gasteiger partial charge in [-0.25, -0.2) is 0 Å². The van der Waals surface area contributed by atoms with Crippen molar-refractivity contribution in [3.05, 3.63) is 65.2 Å². The molecule has 4 rings (SSSR count). The third-order valence-electron chi connectivity index (χ3n) is 6.06. The van der Waals surface area contributed by atoms with Gasteiger partial charge >= 0.3 is 0 Å². The highest BCUT2D eigenvalue weighted by Crippen LogP contribution is 2.31. The molecule has 2 aliphatic rings. The summed E-state index contributed by atoms with van der Waals surface area (Å²) in [5.41, 5.74) is 3.21. The number of amides is 1. The van der Waals surface area contributed by atoms with Crippen molar-refractivity contribution in [3.63, 3.8) is 0 Å². The van der Waals surface area contributed by atoms with Crippen LogP contribution in [0.15, 0.2) is 48.5 Å². The van der Waals surface area contributed by atoms with Crippen molar-refractivity contribution in [1.29, 1.82) is 0 Å². The molecule has 0 spiro atoms. The van der Waals surface area contributed by atoms with Gasteiger partial charge in [-0.2, -0.15) is 0 Å². The summed E-state index contributed by atoms with van der Waals surface area (Å²) < 4.78 is 5.61. The number of methoxy groups -OCH3 is 1. The number of carbonyl (C=O) groups is 1. The van der Waals surface area contributed by atoms with Gasteiger partial charge < -0.3 is 15.0 Å². The zero-order valence-electron chi connectivity index (χ0n) is 17.7. The van der Waals surface area contributed by atoms with E-state index in [-0.39, 0.29) is 24.4 Å². The topological polar surface area (TPSA) is 44.8 Å². The normalized spacial score (nSPS) is 19.8. The molecule has 0 saturated carbocycles. The number of likely N-dealkylation sites (tertiary alicyclic amines) is 1. The maximum Gasteiger partial charge on any atom is 0.253 e. The molecule has 0 aromatic heterocycles. The molecule has 2 aliphatic heterocycles. The standard InChI is InChI=1S/C24H31N3O2.ClH/c1-29-23-11-4-3-10-21(23)22-17-25-12-15-27(22)18-19-8-7-9-20(16-19)24(28)26-13-5-2-6-14-26;/h3-4,7-11,16,22,25H,2,5-6,12-15,17-18H2,1H3;1H. The van der Waals surface area contributed by atoms with Crippen LogP contribution >= 0.6 is 12.4 Å².